The van der Waals surface area contributed by atoms with E-state index in [-0.39, 0.29) is 17.0 Å². The molecular formula is C28H21ClN2O2. The van der Waals surface area contributed by atoms with Gasteiger partial charge in [0.1, 0.15) is 0 Å². The summed E-state index contributed by atoms with van der Waals surface area (Å²) < 4.78 is 0. The monoisotopic (exact) mass is 452 g/mol. The molecule has 2 amide bonds. The van der Waals surface area contributed by atoms with Crippen LogP contribution >= 0.6 is 11.6 Å². The van der Waals surface area contributed by atoms with Crippen molar-refractivity contribution >= 4 is 29.1 Å². The van der Waals surface area contributed by atoms with E-state index in [9.17, 15) is 9.59 Å². The molecule has 1 aliphatic rings. The quantitative estimate of drug-likeness (QED) is 0.399. The number of para-hydroxylation sites is 1. The van der Waals surface area contributed by atoms with E-state index in [4.69, 9.17) is 17.3 Å². The molecule has 1 aliphatic heterocycles. The normalized spacial score (nSPS) is 12.1. The van der Waals surface area contributed by atoms with Crippen LogP contribution in [0.4, 0.5) is 5.69 Å². The van der Waals surface area contributed by atoms with E-state index in [0.717, 1.165) is 27.9 Å². The first-order valence-corrected chi connectivity index (χ1v) is 11.0. The zero-order valence-electron chi connectivity index (χ0n) is 18.0. The Morgan fingerprint density at radius 1 is 0.848 bits per heavy atom. The molecule has 0 aromatic heterocycles. The second-order valence-electron chi connectivity index (χ2n) is 8.08. The molecule has 0 radical (unpaired) electrons. The zero-order chi connectivity index (χ0) is 23.1. The van der Waals surface area contributed by atoms with E-state index in [0.29, 0.717) is 22.7 Å². The second kappa shape index (κ2) is 8.23. The van der Waals surface area contributed by atoms with Gasteiger partial charge in [0.2, 0.25) is 5.91 Å². The van der Waals surface area contributed by atoms with Crippen LogP contribution in [0.15, 0.2) is 84.9 Å². The molecule has 4 nitrogen and oxygen atoms in total. The SMILES string of the molecule is Cc1c(C(N)=O)cc(C(=O)N2Cc3ccccc3-c3ccccc32)c(Cl)c1-c1ccccc1. The molecule has 4 aromatic carbocycles. The molecule has 4 aromatic rings. The van der Waals surface area contributed by atoms with Crippen molar-refractivity contribution in [2.75, 3.05) is 4.90 Å². The third kappa shape index (κ3) is 3.49. The number of nitrogens with zero attached hydrogens (tertiary/aromatic N) is 1. The minimum Gasteiger partial charge on any atom is -0.366 e. The molecule has 2 N–H and O–H groups in total. The minimum atomic E-state index is -0.597. The van der Waals surface area contributed by atoms with Gasteiger partial charge in [-0.25, -0.2) is 0 Å². The summed E-state index contributed by atoms with van der Waals surface area (Å²) in [4.78, 5) is 28.0. The van der Waals surface area contributed by atoms with Gasteiger partial charge in [-0.3, -0.25) is 9.59 Å². The van der Waals surface area contributed by atoms with Crippen molar-refractivity contribution < 1.29 is 9.59 Å². The molecule has 5 rings (SSSR count). The van der Waals surface area contributed by atoms with Crippen molar-refractivity contribution in [3.63, 3.8) is 0 Å². The van der Waals surface area contributed by atoms with Crippen LogP contribution in [-0.4, -0.2) is 11.8 Å². The fourth-order valence-corrected chi connectivity index (χ4v) is 4.94. The van der Waals surface area contributed by atoms with Crippen molar-refractivity contribution in [1.29, 1.82) is 0 Å². The lowest BCUT2D eigenvalue weighted by molar-refractivity contribution is 0.0985. The predicted octanol–water partition coefficient (Wildman–Crippen LogP) is 6.24. The highest BCUT2D eigenvalue weighted by molar-refractivity contribution is 6.38. The fraction of sp³-hybridized carbons (Fsp3) is 0.0714. The van der Waals surface area contributed by atoms with Crippen molar-refractivity contribution in [3.8, 4) is 22.3 Å². The van der Waals surface area contributed by atoms with Gasteiger partial charge in [0.25, 0.3) is 5.91 Å². The van der Waals surface area contributed by atoms with Crippen molar-refractivity contribution in [2.45, 2.75) is 13.5 Å². The molecule has 0 spiro atoms. The lowest BCUT2D eigenvalue weighted by atomic mass is 9.91. The Kier molecular flexibility index (Phi) is 5.23. The van der Waals surface area contributed by atoms with Crippen LogP contribution in [0.5, 0.6) is 0 Å². The van der Waals surface area contributed by atoms with Crippen LogP contribution in [0.25, 0.3) is 22.3 Å². The van der Waals surface area contributed by atoms with Gasteiger partial charge in [0, 0.05) is 16.7 Å². The van der Waals surface area contributed by atoms with E-state index < -0.39 is 5.91 Å². The molecule has 0 atom stereocenters. The number of anilines is 1. The molecule has 0 saturated carbocycles. The number of fused-ring (bicyclic) bond motifs is 3. The van der Waals surface area contributed by atoms with E-state index in [1.807, 2.05) is 72.8 Å². The van der Waals surface area contributed by atoms with Gasteiger partial charge >= 0.3 is 0 Å². The van der Waals surface area contributed by atoms with Gasteiger partial charge in [-0.05, 0) is 41.3 Å². The standard InChI is InChI=1S/C28H21ClN2O2/c1-17-22(27(30)32)15-23(26(29)25(17)18-9-3-2-4-10-18)28(33)31-16-19-11-5-6-12-20(19)21-13-7-8-14-24(21)31/h2-15H,16H2,1H3,(H2,30,32). The maximum absolute atomic E-state index is 14.0. The van der Waals surface area contributed by atoms with Crippen molar-refractivity contribution in [2.24, 2.45) is 5.73 Å². The first-order chi connectivity index (χ1) is 16.0. The predicted molar refractivity (Wildman–Crippen MR) is 133 cm³/mol. The Morgan fingerprint density at radius 2 is 1.48 bits per heavy atom. The number of halogens is 1. The zero-order valence-corrected chi connectivity index (χ0v) is 18.8. The van der Waals surface area contributed by atoms with Crippen LogP contribution in [0.2, 0.25) is 5.02 Å². The second-order valence-corrected chi connectivity index (χ2v) is 8.46. The summed E-state index contributed by atoms with van der Waals surface area (Å²) in [6.45, 7) is 2.21. The van der Waals surface area contributed by atoms with Crippen LogP contribution in [0.1, 0.15) is 31.8 Å². The number of carbonyl (C=O) groups is 2. The summed E-state index contributed by atoms with van der Waals surface area (Å²) in [5.74, 6) is -0.874. The smallest absolute Gasteiger partial charge is 0.260 e. The number of rotatable bonds is 3. The molecule has 162 valence electrons. The molecule has 0 bridgehead atoms. The summed E-state index contributed by atoms with van der Waals surface area (Å²) in [5.41, 5.74) is 12.3. The van der Waals surface area contributed by atoms with Crippen LogP contribution in [0.3, 0.4) is 0 Å². The summed E-state index contributed by atoms with van der Waals surface area (Å²) in [6.07, 6.45) is 0. The van der Waals surface area contributed by atoms with E-state index in [1.54, 1.807) is 11.8 Å². The number of carbonyl (C=O) groups excluding carboxylic acids is 2. The lowest BCUT2D eigenvalue weighted by Gasteiger charge is -2.32. The summed E-state index contributed by atoms with van der Waals surface area (Å²) in [6, 6.07) is 26.9. The highest BCUT2D eigenvalue weighted by Gasteiger charge is 2.30. The number of amides is 2. The van der Waals surface area contributed by atoms with Crippen LogP contribution < -0.4 is 10.6 Å². The average molecular weight is 453 g/mol. The molecule has 1 heterocycles. The van der Waals surface area contributed by atoms with Crippen LogP contribution in [0, 0.1) is 6.92 Å². The minimum absolute atomic E-state index is 0.254. The topological polar surface area (TPSA) is 63.4 Å². The summed E-state index contributed by atoms with van der Waals surface area (Å²) in [7, 11) is 0. The van der Waals surface area contributed by atoms with E-state index in [1.165, 1.54) is 6.07 Å². The van der Waals surface area contributed by atoms with Gasteiger partial charge in [0.05, 0.1) is 22.8 Å². The third-order valence-electron chi connectivity index (χ3n) is 6.16. The van der Waals surface area contributed by atoms with Crippen molar-refractivity contribution in [1.82, 2.24) is 0 Å². The van der Waals surface area contributed by atoms with E-state index >= 15 is 0 Å². The Hall–Kier alpha value is -3.89. The molecule has 0 aliphatic carbocycles. The number of benzene rings is 4. The fourth-order valence-electron chi connectivity index (χ4n) is 4.55. The van der Waals surface area contributed by atoms with Gasteiger partial charge in [0.15, 0.2) is 0 Å². The largest absolute Gasteiger partial charge is 0.366 e. The first kappa shape index (κ1) is 21.0. The number of hydrogen-bond acceptors (Lipinski definition) is 2. The molecule has 0 fully saturated rings. The highest BCUT2D eigenvalue weighted by atomic mass is 35.5. The van der Waals surface area contributed by atoms with Gasteiger partial charge in [-0.2, -0.15) is 0 Å². The van der Waals surface area contributed by atoms with Gasteiger partial charge < -0.3 is 10.6 Å². The van der Waals surface area contributed by atoms with Crippen molar-refractivity contribution in [3.05, 3.63) is 112 Å². The maximum atomic E-state index is 14.0. The highest BCUT2D eigenvalue weighted by Crippen LogP contribution is 2.42. The Morgan fingerprint density at radius 3 is 2.21 bits per heavy atom. The lowest BCUT2D eigenvalue weighted by Crippen LogP contribution is -2.33. The maximum Gasteiger partial charge on any atom is 0.260 e. The molecule has 0 unspecified atom stereocenters. The Labute approximate surface area is 197 Å². The number of nitrogens with two attached hydrogens (primary N) is 1. The van der Waals surface area contributed by atoms with Gasteiger partial charge in [-0.15, -0.1) is 0 Å². The van der Waals surface area contributed by atoms with Gasteiger partial charge in [-0.1, -0.05) is 84.4 Å². The number of hydrogen-bond donors (Lipinski definition) is 1. The molecular weight excluding hydrogens is 432 g/mol. The average Bonchev–Trinajstić information content (AvgIpc) is 2.84. The van der Waals surface area contributed by atoms with Crippen LogP contribution in [-0.2, 0) is 6.54 Å². The summed E-state index contributed by atoms with van der Waals surface area (Å²) in [5, 5.41) is 0.310. The Bertz CT molecular complexity index is 1410. The number of primary amides is 1. The third-order valence-corrected chi connectivity index (χ3v) is 6.55. The Balaban J connectivity index is 1.70. The molecule has 0 saturated heterocycles. The summed E-state index contributed by atoms with van der Waals surface area (Å²) >= 11 is 6.87. The first-order valence-electron chi connectivity index (χ1n) is 10.6. The van der Waals surface area contributed by atoms with E-state index in [2.05, 4.69) is 6.07 Å². The molecule has 5 heteroatoms. The molecule has 33 heavy (non-hydrogen) atoms.